The van der Waals surface area contributed by atoms with Crippen molar-refractivity contribution in [2.45, 2.75) is 45.8 Å². The number of nitrogens with one attached hydrogen (secondary N) is 3. The lowest BCUT2D eigenvalue weighted by molar-refractivity contribution is -0.138. The fourth-order valence-electron chi connectivity index (χ4n) is 2.36. The average Bonchev–Trinajstić information content (AvgIpc) is 2.71. The van der Waals surface area contributed by atoms with Crippen molar-refractivity contribution in [3.63, 3.8) is 0 Å². The number of ether oxygens (including phenoxy) is 1. The highest BCUT2D eigenvalue weighted by Gasteiger charge is 2.18. The Labute approximate surface area is 184 Å². The quantitative estimate of drug-likeness (QED) is 0.484. The van der Waals surface area contributed by atoms with Crippen LogP contribution in [0.5, 0.6) is 0 Å². The number of hydrogen-bond acceptors (Lipinski definition) is 7. The molecule has 0 bridgehead atoms. The first-order valence-corrected chi connectivity index (χ1v) is 9.73. The number of para-hydroxylation sites is 2. The third-order valence-corrected chi connectivity index (χ3v) is 3.78. The smallest absolute Gasteiger partial charge is 0.412 e. The second-order valence-electron chi connectivity index (χ2n) is 7.69. The number of carboxylic acid groups (broad SMARTS) is 1. The topological polar surface area (TPSA) is 160 Å². The van der Waals surface area contributed by atoms with Crippen molar-refractivity contribution in [1.29, 1.82) is 0 Å². The fraction of sp³-hybridized carbons (Fsp3) is 0.333. The van der Waals surface area contributed by atoms with Crippen LogP contribution in [0.3, 0.4) is 0 Å². The van der Waals surface area contributed by atoms with E-state index in [0.29, 0.717) is 17.1 Å². The second kappa shape index (κ2) is 10.8. The van der Waals surface area contributed by atoms with Gasteiger partial charge in [-0.3, -0.25) is 24.7 Å². The van der Waals surface area contributed by atoms with Crippen LogP contribution < -0.4 is 16.0 Å². The number of aliphatic carboxylic acids is 1. The van der Waals surface area contributed by atoms with E-state index in [2.05, 4.69) is 25.9 Å². The Hall–Kier alpha value is -4.02. The summed E-state index contributed by atoms with van der Waals surface area (Å²) < 4.78 is 5.22. The molecule has 0 fully saturated rings. The molecule has 0 aliphatic rings. The first-order valence-electron chi connectivity index (χ1n) is 9.73. The molecule has 1 aromatic heterocycles. The van der Waals surface area contributed by atoms with E-state index in [1.165, 1.54) is 12.4 Å². The van der Waals surface area contributed by atoms with Gasteiger partial charge in [0.05, 0.1) is 42.4 Å². The molecule has 1 aromatic carbocycles. The molecule has 170 valence electrons. The van der Waals surface area contributed by atoms with Gasteiger partial charge in [0.2, 0.25) is 5.91 Å². The van der Waals surface area contributed by atoms with Crippen molar-refractivity contribution in [2.24, 2.45) is 0 Å². The molecule has 0 atom stereocenters. The number of nitrogens with zero attached hydrogens (tertiary/aromatic N) is 2. The van der Waals surface area contributed by atoms with Gasteiger partial charge in [0.1, 0.15) is 11.3 Å². The van der Waals surface area contributed by atoms with Crippen LogP contribution in [0.2, 0.25) is 0 Å². The highest BCUT2D eigenvalue weighted by molar-refractivity contribution is 6.05. The maximum Gasteiger partial charge on any atom is 0.412 e. The van der Waals surface area contributed by atoms with Gasteiger partial charge in [-0.25, -0.2) is 9.78 Å². The standard InChI is InChI=1S/C21H25N5O6/c1-21(2,3)32-20(31)26-15-7-5-4-6-14(15)25-19(30)16-12-22-13(10-23-16)11-24-17(27)8-9-18(28)29/h4-7,10,12H,8-9,11H2,1-3H3,(H,24,27)(H,25,30)(H,26,31)(H,28,29). The van der Waals surface area contributed by atoms with Gasteiger partial charge >= 0.3 is 12.1 Å². The Morgan fingerprint density at radius 1 is 0.969 bits per heavy atom. The molecule has 0 saturated heterocycles. The predicted molar refractivity (Wildman–Crippen MR) is 115 cm³/mol. The zero-order chi connectivity index (χ0) is 23.7. The number of rotatable bonds is 8. The minimum absolute atomic E-state index is 0.0259. The average molecular weight is 443 g/mol. The summed E-state index contributed by atoms with van der Waals surface area (Å²) >= 11 is 0. The van der Waals surface area contributed by atoms with E-state index in [9.17, 15) is 19.2 Å². The van der Waals surface area contributed by atoms with Crippen molar-refractivity contribution in [2.75, 3.05) is 10.6 Å². The molecular weight excluding hydrogens is 418 g/mol. The summed E-state index contributed by atoms with van der Waals surface area (Å²) in [5.41, 5.74) is 0.453. The number of carbonyl (C=O) groups is 4. The molecule has 0 spiro atoms. The highest BCUT2D eigenvalue weighted by Crippen LogP contribution is 2.22. The van der Waals surface area contributed by atoms with Crippen LogP contribution in [0.4, 0.5) is 16.2 Å². The molecule has 0 aliphatic carbocycles. The van der Waals surface area contributed by atoms with Crippen LogP contribution >= 0.6 is 0 Å². The van der Waals surface area contributed by atoms with Crippen molar-refractivity contribution >= 4 is 35.3 Å². The van der Waals surface area contributed by atoms with Gasteiger partial charge in [-0.1, -0.05) is 12.1 Å². The molecule has 32 heavy (non-hydrogen) atoms. The van der Waals surface area contributed by atoms with Crippen LogP contribution in [0.1, 0.15) is 49.8 Å². The monoisotopic (exact) mass is 443 g/mol. The Morgan fingerprint density at radius 2 is 1.62 bits per heavy atom. The second-order valence-corrected chi connectivity index (χ2v) is 7.69. The molecule has 11 heteroatoms. The van der Waals surface area contributed by atoms with Gasteiger partial charge in [-0.2, -0.15) is 0 Å². The normalized spacial score (nSPS) is 10.7. The van der Waals surface area contributed by atoms with Gasteiger partial charge in [-0.15, -0.1) is 0 Å². The lowest BCUT2D eigenvalue weighted by Gasteiger charge is -2.20. The minimum Gasteiger partial charge on any atom is -0.481 e. The molecule has 0 aliphatic heterocycles. The molecule has 3 amide bonds. The zero-order valence-corrected chi connectivity index (χ0v) is 18.0. The summed E-state index contributed by atoms with van der Waals surface area (Å²) in [5, 5.41) is 16.3. The molecule has 0 saturated carbocycles. The van der Waals surface area contributed by atoms with Crippen molar-refractivity contribution in [3.05, 3.63) is 48.0 Å². The van der Waals surface area contributed by atoms with E-state index >= 15 is 0 Å². The maximum atomic E-state index is 12.5. The lowest BCUT2D eigenvalue weighted by atomic mass is 10.2. The summed E-state index contributed by atoms with van der Waals surface area (Å²) in [6.07, 6.45) is 1.52. The van der Waals surface area contributed by atoms with Gasteiger partial charge in [0.15, 0.2) is 0 Å². The van der Waals surface area contributed by atoms with Gasteiger partial charge in [0.25, 0.3) is 5.91 Å². The Kier molecular flexibility index (Phi) is 8.22. The zero-order valence-electron chi connectivity index (χ0n) is 18.0. The first-order chi connectivity index (χ1) is 15.0. The third-order valence-electron chi connectivity index (χ3n) is 3.78. The SMILES string of the molecule is CC(C)(C)OC(=O)Nc1ccccc1NC(=O)c1cnc(CNC(=O)CCC(=O)O)cn1. The predicted octanol–water partition coefficient (Wildman–Crippen LogP) is 2.56. The Bertz CT molecular complexity index is 985. The molecule has 4 N–H and O–H groups in total. The molecule has 0 radical (unpaired) electrons. The molecule has 0 unspecified atom stereocenters. The Morgan fingerprint density at radius 3 is 2.19 bits per heavy atom. The number of aromatic nitrogens is 2. The summed E-state index contributed by atoms with van der Waals surface area (Å²) in [7, 11) is 0. The summed E-state index contributed by atoms with van der Waals surface area (Å²) in [5.74, 6) is -2.03. The van der Waals surface area contributed by atoms with Crippen molar-refractivity contribution in [3.8, 4) is 0 Å². The van der Waals surface area contributed by atoms with Crippen molar-refractivity contribution < 1.29 is 29.0 Å². The number of amides is 3. The van der Waals surface area contributed by atoms with Crippen LogP contribution in [0.25, 0.3) is 0 Å². The van der Waals surface area contributed by atoms with E-state index in [1.807, 2.05) is 0 Å². The van der Waals surface area contributed by atoms with Crippen LogP contribution in [0, 0.1) is 0 Å². The highest BCUT2D eigenvalue weighted by atomic mass is 16.6. The third kappa shape index (κ3) is 8.38. The van der Waals surface area contributed by atoms with Gasteiger partial charge in [0, 0.05) is 6.42 Å². The molecule has 1 heterocycles. The number of carboxylic acids is 1. The fourth-order valence-corrected chi connectivity index (χ4v) is 2.36. The van der Waals surface area contributed by atoms with Gasteiger partial charge in [-0.05, 0) is 32.9 Å². The Balaban J connectivity index is 1.96. The van der Waals surface area contributed by atoms with Gasteiger partial charge < -0.3 is 20.5 Å². The summed E-state index contributed by atoms with van der Waals surface area (Å²) in [6, 6.07) is 6.61. The van der Waals surface area contributed by atoms with E-state index in [4.69, 9.17) is 9.84 Å². The summed E-state index contributed by atoms with van der Waals surface area (Å²) in [6.45, 7) is 5.27. The maximum absolute atomic E-state index is 12.5. The van der Waals surface area contributed by atoms with Crippen molar-refractivity contribution in [1.82, 2.24) is 15.3 Å². The van der Waals surface area contributed by atoms with E-state index in [-0.39, 0.29) is 25.1 Å². The number of anilines is 2. The minimum atomic E-state index is -1.06. The van der Waals surface area contributed by atoms with Crippen LogP contribution in [0.15, 0.2) is 36.7 Å². The number of carbonyl (C=O) groups excluding carboxylic acids is 3. The number of hydrogen-bond donors (Lipinski definition) is 4. The van der Waals surface area contributed by atoms with E-state index < -0.39 is 29.5 Å². The largest absolute Gasteiger partial charge is 0.481 e. The van der Waals surface area contributed by atoms with E-state index in [0.717, 1.165) is 0 Å². The lowest BCUT2D eigenvalue weighted by Crippen LogP contribution is -2.27. The molecule has 11 nitrogen and oxygen atoms in total. The van der Waals surface area contributed by atoms with Crippen LogP contribution in [-0.2, 0) is 20.9 Å². The number of benzene rings is 1. The first kappa shape index (κ1) is 24.3. The van der Waals surface area contributed by atoms with E-state index in [1.54, 1.807) is 45.0 Å². The summed E-state index contributed by atoms with van der Waals surface area (Å²) in [4.78, 5) is 54.7. The van der Waals surface area contributed by atoms with Crippen LogP contribution in [-0.4, -0.2) is 44.6 Å². The molecule has 2 rings (SSSR count). The molecular formula is C21H25N5O6. The molecule has 2 aromatic rings.